The van der Waals surface area contributed by atoms with Crippen molar-refractivity contribution < 1.29 is 38.1 Å². The number of ether oxygens (including phenoxy) is 4. The van der Waals surface area contributed by atoms with Crippen molar-refractivity contribution in [1.29, 1.82) is 0 Å². The van der Waals surface area contributed by atoms with Crippen molar-refractivity contribution in [3.05, 3.63) is 0 Å². The molecular weight excluding hydrogens is 398 g/mol. The minimum atomic E-state index is -0.392. The van der Waals surface area contributed by atoms with E-state index in [-0.39, 0.29) is 49.4 Å². The lowest BCUT2D eigenvalue weighted by molar-refractivity contribution is -0.139. The smallest absolute Gasteiger partial charge is 0.232 e. The van der Waals surface area contributed by atoms with Gasteiger partial charge in [0, 0.05) is 38.3 Å². The molecule has 1 aliphatic rings. The van der Waals surface area contributed by atoms with Gasteiger partial charge in [-0.05, 0) is 0 Å². The number of primary amides is 1. The predicted molar refractivity (Wildman–Crippen MR) is 105 cm³/mol. The molecule has 172 valence electrons. The van der Waals surface area contributed by atoms with Crippen LogP contribution in [-0.2, 0) is 38.1 Å². The van der Waals surface area contributed by atoms with Gasteiger partial charge < -0.3 is 30.0 Å². The number of carbonyl (C=O) groups excluding carboxylic acids is 4. The molecule has 0 spiro atoms. The lowest BCUT2D eigenvalue weighted by atomic mass is 10.1. The number of nitrogens with one attached hydrogen (secondary N) is 1. The van der Waals surface area contributed by atoms with Gasteiger partial charge in [-0.15, -0.1) is 0 Å². The Morgan fingerprint density at radius 2 is 1.47 bits per heavy atom. The molecule has 30 heavy (non-hydrogen) atoms. The highest BCUT2D eigenvalue weighted by molar-refractivity contribution is 6.03. The van der Waals surface area contributed by atoms with E-state index in [1.807, 2.05) is 0 Å². The molecule has 3 N–H and O–H groups in total. The van der Waals surface area contributed by atoms with Crippen LogP contribution in [0.15, 0.2) is 0 Å². The van der Waals surface area contributed by atoms with Gasteiger partial charge in [-0.1, -0.05) is 6.92 Å². The van der Waals surface area contributed by atoms with Crippen molar-refractivity contribution in [2.24, 2.45) is 11.7 Å². The van der Waals surface area contributed by atoms with Crippen LogP contribution >= 0.6 is 0 Å². The Balaban J connectivity index is 1.83. The Kier molecular flexibility index (Phi) is 13.6. The Labute approximate surface area is 176 Å². The highest BCUT2D eigenvalue weighted by Gasteiger charge is 2.35. The number of hydrogen-bond donors (Lipinski definition) is 2. The van der Waals surface area contributed by atoms with Crippen LogP contribution in [0, 0.1) is 5.92 Å². The zero-order valence-electron chi connectivity index (χ0n) is 17.6. The monoisotopic (exact) mass is 431 g/mol. The van der Waals surface area contributed by atoms with Crippen molar-refractivity contribution in [3.8, 4) is 0 Å². The average Bonchev–Trinajstić information content (AvgIpc) is 2.94. The lowest BCUT2D eigenvalue weighted by Gasteiger charge is -2.14. The molecule has 1 saturated heterocycles. The van der Waals surface area contributed by atoms with Crippen molar-refractivity contribution in [2.75, 3.05) is 65.9 Å². The second-order valence-electron chi connectivity index (χ2n) is 6.75. The zero-order chi connectivity index (χ0) is 22.2. The van der Waals surface area contributed by atoms with E-state index in [4.69, 9.17) is 24.7 Å². The second-order valence-corrected chi connectivity index (χ2v) is 6.75. The number of nitrogens with two attached hydrogens (primary N) is 1. The number of likely N-dealkylation sites (tertiary alicyclic amines) is 1. The largest absolute Gasteiger partial charge is 0.379 e. The summed E-state index contributed by atoms with van der Waals surface area (Å²) in [6.07, 6.45) is 0.506. The second kappa shape index (κ2) is 15.7. The third kappa shape index (κ3) is 11.8. The third-order valence-electron chi connectivity index (χ3n) is 4.21. The topological polar surface area (TPSA) is 146 Å². The molecule has 0 aromatic heterocycles. The minimum Gasteiger partial charge on any atom is -0.379 e. The summed E-state index contributed by atoms with van der Waals surface area (Å²) in [5.74, 6) is -1.35. The molecule has 11 heteroatoms. The van der Waals surface area contributed by atoms with Gasteiger partial charge >= 0.3 is 0 Å². The van der Waals surface area contributed by atoms with Crippen LogP contribution in [0.2, 0.25) is 0 Å². The molecule has 0 radical (unpaired) electrons. The van der Waals surface area contributed by atoms with Crippen molar-refractivity contribution in [3.63, 3.8) is 0 Å². The number of nitrogens with zero attached hydrogens (tertiary/aromatic N) is 1. The molecule has 1 atom stereocenters. The quantitative estimate of drug-likeness (QED) is 0.204. The fourth-order valence-corrected chi connectivity index (χ4v) is 2.58. The maximum Gasteiger partial charge on any atom is 0.232 e. The van der Waals surface area contributed by atoms with E-state index >= 15 is 0 Å². The molecular formula is C19H33N3O8. The van der Waals surface area contributed by atoms with Crippen LogP contribution in [0.1, 0.15) is 26.2 Å². The van der Waals surface area contributed by atoms with E-state index in [0.717, 1.165) is 4.90 Å². The van der Waals surface area contributed by atoms with E-state index < -0.39 is 5.91 Å². The number of amides is 4. The number of imide groups is 1. The molecule has 4 amide bonds. The minimum absolute atomic E-state index is 0.0868. The number of hydrogen-bond acceptors (Lipinski definition) is 8. The van der Waals surface area contributed by atoms with Crippen LogP contribution in [0.5, 0.6) is 0 Å². The van der Waals surface area contributed by atoms with Crippen LogP contribution in [0.25, 0.3) is 0 Å². The Bertz CT molecular complexity index is 558. The maximum absolute atomic E-state index is 11.8. The summed E-state index contributed by atoms with van der Waals surface area (Å²) in [4.78, 5) is 46.8. The van der Waals surface area contributed by atoms with Gasteiger partial charge in [-0.25, -0.2) is 0 Å². The highest BCUT2D eigenvalue weighted by Crippen LogP contribution is 2.18. The first-order valence-corrected chi connectivity index (χ1v) is 10.1. The van der Waals surface area contributed by atoms with Crippen molar-refractivity contribution in [1.82, 2.24) is 10.2 Å². The molecule has 1 unspecified atom stereocenters. The average molecular weight is 431 g/mol. The summed E-state index contributed by atoms with van der Waals surface area (Å²) in [5, 5.41) is 2.68. The van der Waals surface area contributed by atoms with Crippen LogP contribution in [0.3, 0.4) is 0 Å². The summed E-state index contributed by atoms with van der Waals surface area (Å²) >= 11 is 0. The summed E-state index contributed by atoms with van der Waals surface area (Å²) in [7, 11) is 0. The van der Waals surface area contributed by atoms with Crippen molar-refractivity contribution in [2.45, 2.75) is 26.2 Å². The molecule has 1 aliphatic heterocycles. The fourth-order valence-electron chi connectivity index (χ4n) is 2.58. The first-order valence-electron chi connectivity index (χ1n) is 10.1. The van der Waals surface area contributed by atoms with E-state index in [2.05, 4.69) is 5.32 Å². The SMILES string of the molecule is CC1CC(=O)N(CCC(=O)NCCOCCOCCOCCOCCC(N)=O)C1=O. The molecule has 1 rings (SSSR count). The molecule has 11 nitrogen and oxygen atoms in total. The van der Waals surface area contributed by atoms with E-state index in [1.165, 1.54) is 0 Å². The first-order chi connectivity index (χ1) is 14.4. The Morgan fingerprint density at radius 1 is 0.933 bits per heavy atom. The molecule has 0 bridgehead atoms. The molecule has 0 aliphatic carbocycles. The van der Waals surface area contributed by atoms with Crippen LogP contribution in [0.4, 0.5) is 0 Å². The summed E-state index contributed by atoms with van der Waals surface area (Å²) in [5.41, 5.74) is 4.98. The summed E-state index contributed by atoms with van der Waals surface area (Å²) in [6, 6.07) is 0. The van der Waals surface area contributed by atoms with Gasteiger partial charge in [0.2, 0.25) is 23.6 Å². The molecule has 1 fully saturated rings. The number of carbonyl (C=O) groups is 4. The standard InChI is InChI=1S/C19H33N3O8/c1-15-14-18(25)22(19(15)26)5-2-17(24)21-4-7-28-9-11-30-13-12-29-10-8-27-6-3-16(20)23/h15H,2-14H2,1H3,(H2,20,23)(H,21,24). The summed E-state index contributed by atoms with van der Waals surface area (Å²) in [6.45, 7) is 5.26. The molecule has 0 aromatic carbocycles. The predicted octanol–water partition coefficient (Wildman–Crippen LogP) is -1.17. The van der Waals surface area contributed by atoms with Gasteiger partial charge in [-0.3, -0.25) is 24.1 Å². The van der Waals surface area contributed by atoms with Gasteiger partial charge in [0.25, 0.3) is 0 Å². The molecule has 0 aromatic rings. The normalized spacial score (nSPS) is 16.3. The van der Waals surface area contributed by atoms with Crippen molar-refractivity contribution >= 4 is 23.6 Å². The van der Waals surface area contributed by atoms with Crippen LogP contribution in [-0.4, -0.2) is 94.5 Å². The van der Waals surface area contributed by atoms with E-state index in [0.29, 0.717) is 59.4 Å². The van der Waals surface area contributed by atoms with Crippen LogP contribution < -0.4 is 11.1 Å². The lowest BCUT2D eigenvalue weighted by Crippen LogP contribution is -2.35. The van der Waals surface area contributed by atoms with E-state index in [9.17, 15) is 19.2 Å². The Morgan fingerprint density at radius 3 is 1.97 bits per heavy atom. The third-order valence-corrected chi connectivity index (χ3v) is 4.21. The van der Waals surface area contributed by atoms with Gasteiger partial charge in [0.1, 0.15) is 0 Å². The maximum atomic E-state index is 11.8. The molecule has 0 saturated carbocycles. The van der Waals surface area contributed by atoms with E-state index in [1.54, 1.807) is 6.92 Å². The van der Waals surface area contributed by atoms with Gasteiger partial charge in [0.15, 0.2) is 0 Å². The fraction of sp³-hybridized carbons (Fsp3) is 0.789. The van der Waals surface area contributed by atoms with Gasteiger partial charge in [-0.2, -0.15) is 0 Å². The summed E-state index contributed by atoms with van der Waals surface area (Å²) < 4.78 is 21.1. The van der Waals surface area contributed by atoms with Gasteiger partial charge in [0.05, 0.1) is 52.9 Å². The zero-order valence-corrected chi connectivity index (χ0v) is 17.6. The Hall–Kier alpha value is -2.08. The molecule has 1 heterocycles. The highest BCUT2D eigenvalue weighted by atomic mass is 16.6. The first kappa shape index (κ1) is 26.0. The number of rotatable bonds is 18.